The van der Waals surface area contributed by atoms with Gasteiger partial charge in [-0.15, -0.1) is 0 Å². The van der Waals surface area contributed by atoms with Crippen molar-refractivity contribution < 1.29 is 19.1 Å². The molecule has 0 amide bonds. The van der Waals surface area contributed by atoms with Crippen LogP contribution in [0.4, 0.5) is 11.4 Å². The zero-order valence-corrected chi connectivity index (χ0v) is 18.6. The third kappa shape index (κ3) is 6.87. The van der Waals surface area contributed by atoms with Gasteiger partial charge in [0.15, 0.2) is 0 Å². The molecule has 32 heavy (non-hydrogen) atoms. The molecule has 0 aliphatic heterocycles. The minimum absolute atomic E-state index is 0.00691. The van der Waals surface area contributed by atoms with E-state index in [9.17, 15) is 9.59 Å². The monoisotopic (exact) mass is 436 g/mol. The molecule has 1 saturated carbocycles. The number of esters is 2. The van der Waals surface area contributed by atoms with E-state index in [-0.39, 0.29) is 18.5 Å². The number of nitrogens with two attached hydrogens (primary N) is 2. The van der Waals surface area contributed by atoms with Gasteiger partial charge in [0.05, 0.1) is 5.92 Å². The highest BCUT2D eigenvalue weighted by atomic mass is 16.5. The average molecular weight is 437 g/mol. The van der Waals surface area contributed by atoms with E-state index >= 15 is 0 Å². The fourth-order valence-electron chi connectivity index (χ4n) is 4.05. The van der Waals surface area contributed by atoms with E-state index in [0.29, 0.717) is 22.7 Å². The molecule has 0 radical (unpaired) electrons. The maximum atomic E-state index is 12.5. The van der Waals surface area contributed by atoms with Crippen molar-refractivity contribution >= 4 is 29.4 Å². The normalized spacial score (nSPS) is 18.4. The van der Waals surface area contributed by atoms with Crippen molar-refractivity contribution in [3.63, 3.8) is 0 Å². The summed E-state index contributed by atoms with van der Waals surface area (Å²) in [5.41, 5.74) is 14.1. The van der Waals surface area contributed by atoms with Gasteiger partial charge < -0.3 is 20.9 Å². The van der Waals surface area contributed by atoms with E-state index in [0.717, 1.165) is 37.2 Å². The van der Waals surface area contributed by atoms with Crippen molar-refractivity contribution in [2.45, 2.75) is 52.1 Å². The summed E-state index contributed by atoms with van der Waals surface area (Å²) >= 11 is 0. The first-order chi connectivity index (χ1) is 15.4. The molecule has 1 aliphatic rings. The highest BCUT2D eigenvalue weighted by molar-refractivity contribution is 5.87. The Bertz CT molecular complexity index is 945. The molecule has 0 spiro atoms. The number of hydrogen-bond acceptors (Lipinski definition) is 6. The summed E-state index contributed by atoms with van der Waals surface area (Å²) in [5.74, 6) is 0.645. The van der Waals surface area contributed by atoms with Gasteiger partial charge in [-0.2, -0.15) is 0 Å². The van der Waals surface area contributed by atoms with E-state index < -0.39 is 5.97 Å². The Labute approximate surface area is 189 Å². The first-order valence-electron chi connectivity index (χ1n) is 11.2. The van der Waals surface area contributed by atoms with Crippen LogP contribution in [-0.4, -0.2) is 11.9 Å². The largest absolute Gasteiger partial charge is 0.458 e. The number of carbonyl (C=O) groups is 2. The van der Waals surface area contributed by atoms with E-state index in [1.807, 2.05) is 0 Å². The Morgan fingerprint density at radius 1 is 1.03 bits per heavy atom. The molecule has 0 aromatic heterocycles. The Morgan fingerprint density at radius 3 is 2.41 bits per heavy atom. The lowest BCUT2D eigenvalue weighted by atomic mass is 9.80. The molecule has 2 aromatic carbocycles. The molecule has 0 heterocycles. The zero-order chi connectivity index (χ0) is 22.9. The summed E-state index contributed by atoms with van der Waals surface area (Å²) in [6.07, 6.45) is 9.49. The summed E-state index contributed by atoms with van der Waals surface area (Å²) in [7, 11) is 0. The highest BCUT2D eigenvalue weighted by Gasteiger charge is 2.27. The Kier molecular flexibility index (Phi) is 8.31. The van der Waals surface area contributed by atoms with Crippen LogP contribution in [0.3, 0.4) is 0 Å². The van der Waals surface area contributed by atoms with Gasteiger partial charge in [-0.05, 0) is 67.5 Å². The fourth-order valence-corrected chi connectivity index (χ4v) is 4.05. The van der Waals surface area contributed by atoms with Crippen molar-refractivity contribution in [3.8, 4) is 5.75 Å². The van der Waals surface area contributed by atoms with Crippen molar-refractivity contribution in [2.75, 3.05) is 11.5 Å². The lowest BCUT2D eigenvalue weighted by molar-refractivity contribution is -0.140. The van der Waals surface area contributed by atoms with E-state index in [4.69, 9.17) is 20.9 Å². The molecule has 4 N–H and O–H groups in total. The summed E-state index contributed by atoms with van der Waals surface area (Å²) in [6.45, 7) is 2.28. The number of anilines is 2. The molecule has 3 rings (SSSR count). The molecule has 170 valence electrons. The predicted octanol–water partition coefficient (Wildman–Crippen LogP) is 5.12. The van der Waals surface area contributed by atoms with Gasteiger partial charge in [0.2, 0.25) is 0 Å². The summed E-state index contributed by atoms with van der Waals surface area (Å²) < 4.78 is 10.8. The van der Waals surface area contributed by atoms with Crippen LogP contribution in [0.5, 0.6) is 5.75 Å². The molecule has 6 nitrogen and oxygen atoms in total. The smallest absolute Gasteiger partial charge is 0.331 e. The molecule has 6 heteroatoms. The van der Waals surface area contributed by atoms with Crippen LogP contribution >= 0.6 is 0 Å². The summed E-state index contributed by atoms with van der Waals surface area (Å²) in [4.78, 5) is 24.4. The van der Waals surface area contributed by atoms with Crippen LogP contribution in [0.15, 0.2) is 48.5 Å². The van der Waals surface area contributed by atoms with E-state index in [2.05, 4.69) is 6.92 Å². The molecule has 0 atom stereocenters. The molecule has 0 unspecified atom stereocenters. The fraction of sp³-hybridized carbons (Fsp3) is 0.385. The molecule has 1 aliphatic carbocycles. The second kappa shape index (κ2) is 11.4. The second-order valence-corrected chi connectivity index (χ2v) is 8.40. The SMILES string of the molecule is CCCC1CCC(C(=O)Oc2ccc(/C=C/C(=O)OCc3ccc(N)cc3N)cc2)CC1. The van der Waals surface area contributed by atoms with Gasteiger partial charge in [-0.25, -0.2) is 4.79 Å². The maximum absolute atomic E-state index is 12.5. The molecule has 0 bridgehead atoms. The minimum Gasteiger partial charge on any atom is -0.458 e. The van der Waals surface area contributed by atoms with Crippen LogP contribution < -0.4 is 16.2 Å². The van der Waals surface area contributed by atoms with Crippen molar-refractivity contribution in [1.29, 1.82) is 0 Å². The van der Waals surface area contributed by atoms with Crippen molar-refractivity contribution in [3.05, 3.63) is 59.7 Å². The number of hydrogen-bond donors (Lipinski definition) is 2. The minimum atomic E-state index is -0.476. The lowest BCUT2D eigenvalue weighted by Gasteiger charge is -2.26. The molecule has 1 fully saturated rings. The quantitative estimate of drug-likeness (QED) is 0.258. The second-order valence-electron chi connectivity index (χ2n) is 8.40. The predicted molar refractivity (Wildman–Crippen MR) is 127 cm³/mol. The number of ether oxygens (including phenoxy) is 2. The number of nitrogen functional groups attached to an aromatic ring is 2. The average Bonchev–Trinajstić information content (AvgIpc) is 2.78. The van der Waals surface area contributed by atoms with Crippen LogP contribution in [-0.2, 0) is 20.9 Å². The number of benzene rings is 2. The Balaban J connectivity index is 1.45. The number of rotatable bonds is 8. The molecular weight excluding hydrogens is 404 g/mol. The Hall–Kier alpha value is -3.28. The molecule has 2 aromatic rings. The lowest BCUT2D eigenvalue weighted by Crippen LogP contribution is -2.25. The van der Waals surface area contributed by atoms with Gasteiger partial charge in [0.1, 0.15) is 12.4 Å². The zero-order valence-electron chi connectivity index (χ0n) is 18.6. The van der Waals surface area contributed by atoms with Crippen molar-refractivity contribution in [1.82, 2.24) is 0 Å². The number of carbonyl (C=O) groups excluding carboxylic acids is 2. The highest BCUT2D eigenvalue weighted by Crippen LogP contribution is 2.32. The van der Waals surface area contributed by atoms with Gasteiger partial charge in [-0.3, -0.25) is 4.79 Å². The van der Waals surface area contributed by atoms with Crippen LogP contribution in [0.1, 0.15) is 56.6 Å². The van der Waals surface area contributed by atoms with Crippen LogP contribution in [0.25, 0.3) is 6.08 Å². The van der Waals surface area contributed by atoms with Crippen molar-refractivity contribution in [2.24, 2.45) is 11.8 Å². The topological polar surface area (TPSA) is 105 Å². The van der Waals surface area contributed by atoms with Crippen LogP contribution in [0.2, 0.25) is 0 Å². The van der Waals surface area contributed by atoms with E-state index in [1.165, 1.54) is 18.9 Å². The molecular formula is C26H32N2O4. The third-order valence-electron chi connectivity index (χ3n) is 5.93. The third-order valence-corrected chi connectivity index (χ3v) is 5.93. The summed E-state index contributed by atoms with van der Waals surface area (Å²) in [5, 5.41) is 0. The summed E-state index contributed by atoms with van der Waals surface area (Å²) in [6, 6.07) is 12.1. The van der Waals surface area contributed by atoms with Gasteiger partial charge in [0.25, 0.3) is 0 Å². The van der Waals surface area contributed by atoms with Crippen LogP contribution in [0, 0.1) is 11.8 Å². The van der Waals surface area contributed by atoms with Gasteiger partial charge in [-0.1, -0.05) is 38.0 Å². The van der Waals surface area contributed by atoms with Gasteiger partial charge >= 0.3 is 11.9 Å². The molecule has 0 saturated heterocycles. The first-order valence-corrected chi connectivity index (χ1v) is 11.2. The van der Waals surface area contributed by atoms with E-state index in [1.54, 1.807) is 48.5 Å². The standard InChI is InChI=1S/C26H32N2O4/c1-2-3-18-4-9-20(10-5-18)26(30)32-23-13-6-19(7-14-23)8-15-25(29)31-17-21-11-12-22(27)16-24(21)28/h6-8,11-16,18,20H,2-5,9-10,17,27-28H2,1H3/b15-8+. The van der Waals surface area contributed by atoms with Gasteiger partial charge in [0, 0.05) is 23.0 Å². The Morgan fingerprint density at radius 2 is 1.75 bits per heavy atom. The first kappa shape index (κ1) is 23.4. The maximum Gasteiger partial charge on any atom is 0.331 e.